The van der Waals surface area contributed by atoms with Crippen molar-refractivity contribution in [1.29, 1.82) is 0 Å². The number of thiazole rings is 1. The summed E-state index contributed by atoms with van der Waals surface area (Å²) in [4.78, 5) is 7.22. The second kappa shape index (κ2) is 7.40. The van der Waals surface area contributed by atoms with Gasteiger partial charge >= 0.3 is 0 Å². The molecule has 1 unspecified atom stereocenters. The van der Waals surface area contributed by atoms with Crippen LogP contribution in [0.15, 0.2) is 18.2 Å². The van der Waals surface area contributed by atoms with Crippen LogP contribution >= 0.6 is 23.7 Å². The molecule has 4 nitrogen and oxygen atoms in total. The molecule has 6 heteroatoms. The molecule has 0 amide bonds. The van der Waals surface area contributed by atoms with E-state index >= 15 is 0 Å². The molecule has 0 bridgehead atoms. The van der Waals surface area contributed by atoms with Gasteiger partial charge < -0.3 is 10.5 Å². The molecule has 21 heavy (non-hydrogen) atoms. The number of methoxy groups -OCH3 is 1. The monoisotopic (exact) mass is 327 g/mol. The number of piperidine rings is 1. The minimum absolute atomic E-state index is 0. The number of hydrogen-bond acceptors (Lipinski definition) is 5. The number of likely N-dealkylation sites (tertiary alicyclic amines) is 1. The summed E-state index contributed by atoms with van der Waals surface area (Å²) < 4.78 is 6.46. The molecule has 0 aliphatic carbocycles. The van der Waals surface area contributed by atoms with Gasteiger partial charge in [0, 0.05) is 12.6 Å². The van der Waals surface area contributed by atoms with Crippen molar-refractivity contribution in [1.82, 2.24) is 9.88 Å². The van der Waals surface area contributed by atoms with Crippen molar-refractivity contribution in [3.63, 3.8) is 0 Å². The fourth-order valence-electron chi connectivity index (χ4n) is 2.86. The Morgan fingerprint density at radius 3 is 3.05 bits per heavy atom. The van der Waals surface area contributed by atoms with Crippen LogP contribution in [0, 0.1) is 0 Å². The Labute approximate surface area is 135 Å². The van der Waals surface area contributed by atoms with Crippen LogP contribution in [-0.4, -0.2) is 36.1 Å². The quantitative estimate of drug-likeness (QED) is 0.937. The highest BCUT2D eigenvalue weighted by Crippen LogP contribution is 2.28. The molecule has 1 atom stereocenters. The Balaban J connectivity index is 0.00000161. The van der Waals surface area contributed by atoms with Gasteiger partial charge in [-0.15, -0.1) is 23.7 Å². The molecular weight excluding hydrogens is 306 g/mol. The summed E-state index contributed by atoms with van der Waals surface area (Å²) >= 11 is 1.76. The van der Waals surface area contributed by atoms with E-state index in [9.17, 15) is 0 Å². The van der Waals surface area contributed by atoms with E-state index in [2.05, 4.69) is 11.0 Å². The van der Waals surface area contributed by atoms with Gasteiger partial charge in [0.05, 0.1) is 23.9 Å². The van der Waals surface area contributed by atoms with Crippen LogP contribution in [0.3, 0.4) is 0 Å². The lowest BCUT2D eigenvalue weighted by molar-refractivity contribution is 0.145. The molecule has 116 valence electrons. The Kier molecular flexibility index (Phi) is 5.81. The summed E-state index contributed by atoms with van der Waals surface area (Å²) in [6, 6.07) is 6.58. The molecule has 1 aliphatic heterocycles. The maximum Gasteiger partial charge on any atom is 0.120 e. The van der Waals surface area contributed by atoms with Crippen LogP contribution in [0.1, 0.15) is 24.3 Å². The topological polar surface area (TPSA) is 51.4 Å². The minimum Gasteiger partial charge on any atom is -0.497 e. The zero-order chi connectivity index (χ0) is 13.9. The summed E-state index contributed by atoms with van der Waals surface area (Å²) in [7, 11) is 1.70. The first-order valence-corrected chi connectivity index (χ1v) is 7.99. The van der Waals surface area contributed by atoms with Gasteiger partial charge in [-0.3, -0.25) is 4.90 Å². The van der Waals surface area contributed by atoms with E-state index in [1.165, 1.54) is 29.0 Å². The van der Waals surface area contributed by atoms with Crippen LogP contribution in [0.4, 0.5) is 0 Å². The van der Waals surface area contributed by atoms with E-state index in [0.29, 0.717) is 6.04 Å². The van der Waals surface area contributed by atoms with Gasteiger partial charge in [0.25, 0.3) is 0 Å². The number of hydrogen-bond donors (Lipinski definition) is 1. The van der Waals surface area contributed by atoms with E-state index in [-0.39, 0.29) is 12.4 Å². The third kappa shape index (κ3) is 3.66. The summed E-state index contributed by atoms with van der Waals surface area (Å²) in [5.41, 5.74) is 6.95. The maximum atomic E-state index is 5.89. The van der Waals surface area contributed by atoms with Crippen molar-refractivity contribution >= 4 is 34.0 Å². The van der Waals surface area contributed by atoms with Gasteiger partial charge in [-0.05, 0) is 37.6 Å². The van der Waals surface area contributed by atoms with Gasteiger partial charge in [-0.25, -0.2) is 4.98 Å². The third-order valence-electron chi connectivity index (χ3n) is 4.00. The molecular formula is C15H22ClN3OS. The molecule has 1 aliphatic rings. The number of benzene rings is 1. The van der Waals surface area contributed by atoms with E-state index in [1.54, 1.807) is 18.4 Å². The number of aromatic nitrogens is 1. The molecule has 1 saturated heterocycles. The smallest absolute Gasteiger partial charge is 0.120 e. The van der Waals surface area contributed by atoms with Gasteiger partial charge in [0.2, 0.25) is 0 Å². The van der Waals surface area contributed by atoms with Crippen LogP contribution < -0.4 is 10.5 Å². The molecule has 2 aromatic rings. The molecule has 0 radical (unpaired) electrons. The number of halogens is 1. The van der Waals surface area contributed by atoms with E-state index in [0.717, 1.165) is 30.9 Å². The number of ether oxygens (including phenoxy) is 1. The highest BCUT2D eigenvalue weighted by Gasteiger charge is 2.22. The molecule has 2 heterocycles. The largest absolute Gasteiger partial charge is 0.497 e. The zero-order valence-electron chi connectivity index (χ0n) is 12.2. The van der Waals surface area contributed by atoms with Crippen molar-refractivity contribution in [2.75, 3.05) is 20.2 Å². The molecule has 2 N–H and O–H groups in total. The molecule has 0 saturated carbocycles. The fourth-order valence-corrected chi connectivity index (χ4v) is 3.88. The summed E-state index contributed by atoms with van der Waals surface area (Å²) in [5.74, 6) is 0.894. The molecule has 1 aromatic carbocycles. The lowest BCUT2D eigenvalue weighted by atomic mass is 10.0. The second-order valence-electron chi connectivity index (χ2n) is 5.30. The fraction of sp³-hybridized carbons (Fsp3) is 0.533. The van der Waals surface area contributed by atoms with Crippen LogP contribution in [-0.2, 0) is 6.54 Å². The van der Waals surface area contributed by atoms with Crippen molar-refractivity contribution in [2.45, 2.75) is 31.8 Å². The Morgan fingerprint density at radius 2 is 2.29 bits per heavy atom. The first-order valence-electron chi connectivity index (χ1n) is 7.17. The third-order valence-corrected chi connectivity index (χ3v) is 5.00. The summed E-state index contributed by atoms with van der Waals surface area (Å²) in [6.07, 6.45) is 3.79. The van der Waals surface area contributed by atoms with Crippen molar-refractivity contribution in [2.24, 2.45) is 5.73 Å². The zero-order valence-corrected chi connectivity index (χ0v) is 13.9. The van der Waals surface area contributed by atoms with Crippen LogP contribution in [0.5, 0.6) is 5.75 Å². The second-order valence-corrected chi connectivity index (χ2v) is 6.41. The minimum atomic E-state index is 0. The Bertz CT molecular complexity index is 589. The van der Waals surface area contributed by atoms with Crippen LogP contribution in [0.25, 0.3) is 10.2 Å². The Hall–Kier alpha value is -0.880. The van der Waals surface area contributed by atoms with Crippen LogP contribution in [0.2, 0.25) is 0 Å². The Morgan fingerprint density at radius 1 is 1.43 bits per heavy atom. The first-order chi connectivity index (χ1) is 9.80. The molecule has 3 rings (SSSR count). The summed E-state index contributed by atoms with van der Waals surface area (Å²) in [5, 5.41) is 1.17. The van der Waals surface area contributed by atoms with E-state index in [4.69, 9.17) is 15.5 Å². The number of nitrogens with zero attached hydrogens (tertiary/aromatic N) is 2. The van der Waals surface area contributed by atoms with Gasteiger partial charge in [-0.1, -0.05) is 6.42 Å². The lowest BCUT2D eigenvalue weighted by Crippen LogP contribution is -2.43. The lowest BCUT2D eigenvalue weighted by Gasteiger charge is -2.34. The standard InChI is InChI=1S/C15H21N3OS.ClH/c1-19-12-5-6-13-14(8-12)20-15(17-13)10-18-7-3-2-4-11(18)9-16;/h5-6,8,11H,2-4,7,9-10,16H2,1H3;1H. The number of fused-ring (bicyclic) bond motifs is 1. The predicted octanol–water partition coefficient (Wildman–Crippen LogP) is 3.04. The molecule has 1 aromatic heterocycles. The van der Waals surface area contributed by atoms with Gasteiger partial charge in [0.15, 0.2) is 0 Å². The van der Waals surface area contributed by atoms with E-state index < -0.39 is 0 Å². The van der Waals surface area contributed by atoms with Crippen molar-refractivity contribution in [3.05, 3.63) is 23.2 Å². The van der Waals surface area contributed by atoms with Gasteiger partial charge in [0.1, 0.15) is 10.8 Å². The maximum absolute atomic E-state index is 5.89. The highest BCUT2D eigenvalue weighted by atomic mass is 35.5. The molecule has 0 spiro atoms. The predicted molar refractivity (Wildman–Crippen MR) is 90.5 cm³/mol. The molecule has 1 fully saturated rings. The highest BCUT2D eigenvalue weighted by molar-refractivity contribution is 7.18. The number of rotatable bonds is 4. The van der Waals surface area contributed by atoms with Crippen molar-refractivity contribution in [3.8, 4) is 5.75 Å². The van der Waals surface area contributed by atoms with Crippen molar-refractivity contribution < 1.29 is 4.74 Å². The average Bonchev–Trinajstić information content (AvgIpc) is 2.89. The van der Waals surface area contributed by atoms with E-state index in [1.807, 2.05) is 12.1 Å². The van der Waals surface area contributed by atoms with Gasteiger partial charge in [-0.2, -0.15) is 0 Å². The SMILES string of the molecule is COc1ccc2nc(CN3CCCCC3CN)sc2c1.Cl. The average molecular weight is 328 g/mol. The normalized spacial score (nSPS) is 19.4. The summed E-state index contributed by atoms with van der Waals surface area (Å²) in [6.45, 7) is 2.81. The number of nitrogens with two attached hydrogens (primary N) is 1. The first kappa shape index (κ1) is 16.5.